The van der Waals surface area contributed by atoms with Crippen molar-refractivity contribution in [3.63, 3.8) is 0 Å². The van der Waals surface area contributed by atoms with Crippen LogP contribution >= 0.6 is 0 Å². The molecule has 188 valence electrons. The molecule has 1 atom stereocenters. The zero-order chi connectivity index (χ0) is 26.4. The Morgan fingerprint density at radius 1 is 0.737 bits per heavy atom. The normalized spacial score (nSPS) is 18.4. The molecular weight excluding hydrogens is 470 g/mol. The number of β-lactam (4-membered cyclic amide) rings is 1. The Balaban J connectivity index is 1.84. The number of nitrogens with zero attached hydrogens (tertiary/aromatic N) is 1. The third-order valence-corrected chi connectivity index (χ3v) is 7.01. The average molecular weight is 500 g/mol. The van der Waals surface area contributed by atoms with Crippen LogP contribution < -0.4 is 4.90 Å². The first kappa shape index (κ1) is 25.0. The summed E-state index contributed by atoms with van der Waals surface area (Å²) in [6, 6.07) is 39.1. The molecule has 1 heterocycles. The highest BCUT2D eigenvalue weighted by atomic mass is 16.5. The van der Waals surface area contributed by atoms with Crippen LogP contribution in [-0.2, 0) is 19.7 Å². The van der Waals surface area contributed by atoms with Crippen molar-refractivity contribution in [3.8, 4) is 0 Å². The molecule has 1 aliphatic heterocycles. The molecule has 1 unspecified atom stereocenters. The lowest BCUT2D eigenvalue weighted by atomic mass is 9.52. The molecule has 4 aromatic carbocycles. The van der Waals surface area contributed by atoms with Crippen molar-refractivity contribution in [1.82, 2.24) is 0 Å². The minimum absolute atomic E-state index is 0.0766. The van der Waals surface area contributed by atoms with Gasteiger partial charge in [-0.25, -0.2) is 4.79 Å². The monoisotopic (exact) mass is 499 g/mol. The molecule has 0 bridgehead atoms. The molecule has 1 saturated heterocycles. The first-order chi connectivity index (χ1) is 18.6. The highest BCUT2D eigenvalue weighted by Crippen LogP contribution is 2.58. The number of carbonyl (C=O) groups is 2. The Bertz CT molecular complexity index is 1410. The van der Waals surface area contributed by atoms with E-state index in [1.165, 1.54) is 6.08 Å². The molecule has 4 aromatic rings. The Morgan fingerprint density at radius 3 is 1.76 bits per heavy atom. The van der Waals surface area contributed by atoms with E-state index in [0.29, 0.717) is 0 Å². The summed E-state index contributed by atoms with van der Waals surface area (Å²) < 4.78 is 5.26. The van der Waals surface area contributed by atoms with E-state index in [0.717, 1.165) is 22.4 Å². The average Bonchev–Trinajstić information content (AvgIpc) is 2.97. The fraction of sp³-hybridized carbons (Fsp3) is 0.118. The van der Waals surface area contributed by atoms with Gasteiger partial charge in [0.15, 0.2) is 0 Å². The molecule has 0 aliphatic carbocycles. The van der Waals surface area contributed by atoms with E-state index in [2.05, 4.69) is 0 Å². The minimum atomic E-state index is -1.13. The Kier molecular flexibility index (Phi) is 7.05. The van der Waals surface area contributed by atoms with Crippen molar-refractivity contribution in [2.45, 2.75) is 17.9 Å². The topological polar surface area (TPSA) is 46.6 Å². The molecule has 0 aromatic heterocycles. The van der Waals surface area contributed by atoms with Crippen LogP contribution in [0.15, 0.2) is 140 Å². The molecule has 0 radical (unpaired) electrons. The SMILES string of the molecule is CCOC(=O)/C=C/C1(/C=C/c2ccccc2)N(c2ccccc2)C(=O)C1(c1ccccc1)c1ccccc1. The van der Waals surface area contributed by atoms with Crippen LogP contribution in [0.5, 0.6) is 0 Å². The number of para-hydroxylation sites is 1. The maximum Gasteiger partial charge on any atom is 0.330 e. The number of amides is 1. The quantitative estimate of drug-likeness (QED) is 0.156. The standard InChI is InChI=1S/C34H29NO3/c1-2-38-31(36)24-26-33(25-23-27-15-7-3-8-16-27)34(28-17-9-4-10-18-28,29-19-11-5-12-20-29)32(37)35(33)30-21-13-6-14-22-30/h3-26H,2H2,1H3/b25-23+,26-24+. The molecule has 5 rings (SSSR count). The smallest absolute Gasteiger partial charge is 0.330 e. The van der Waals surface area contributed by atoms with Crippen LogP contribution in [0.4, 0.5) is 5.69 Å². The zero-order valence-electron chi connectivity index (χ0n) is 21.2. The summed E-state index contributed by atoms with van der Waals surface area (Å²) in [6.07, 6.45) is 7.31. The first-order valence-electron chi connectivity index (χ1n) is 12.7. The lowest BCUT2D eigenvalue weighted by Gasteiger charge is -2.63. The van der Waals surface area contributed by atoms with Gasteiger partial charge in [-0.1, -0.05) is 121 Å². The molecule has 4 heteroatoms. The molecule has 1 aliphatic rings. The van der Waals surface area contributed by atoms with Crippen molar-refractivity contribution in [2.75, 3.05) is 11.5 Å². The van der Waals surface area contributed by atoms with Gasteiger partial charge in [-0.2, -0.15) is 0 Å². The molecule has 4 nitrogen and oxygen atoms in total. The Hall–Kier alpha value is -4.70. The van der Waals surface area contributed by atoms with Crippen LogP contribution in [0, 0.1) is 0 Å². The lowest BCUT2D eigenvalue weighted by molar-refractivity contribution is -0.137. The summed E-state index contributed by atoms with van der Waals surface area (Å²) in [6.45, 7) is 2.04. The van der Waals surface area contributed by atoms with E-state index in [1.54, 1.807) is 11.8 Å². The lowest BCUT2D eigenvalue weighted by Crippen LogP contribution is -2.79. The summed E-state index contributed by atoms with van der Waals surface area (Å²) in [5, 5.41) is 0. The molecule has 38 heavy (non-hydrogen) atoms. The van der Waals surface area contributed by atoms with Gasteiger partial charge in [-0.3, -0.25) is 9.69 Å². The second-order valence-electron chi connectivity index (χ2n) is 9.11. The third kappa shape index (κ3) is 4.14. The van der Waals surface area contributed by atoms with Crippen molar-refractivity contribution in [3.05, 3.63) is 156 Å². The Labute approximate surface area is 223 Å². The molecule has 0 saturated carbocycles. The first-order valence-corrected chi connectivity index (χ1v) is 12.7. The number of anilines is 1. The number of esters is 1. The summed E-state index contributed by atoms with van der Waals surface area (Å²) in [5.41, 5.74) is 1.23. The number of rotatable bonds is 8. The fourth-order valence-electron chi connectivity index (χ4n) is 5.41. The largest absolute Gasteiger partial charge is 0.463 e. The van der Waals surface area contributed by atoms with Gasteiger partial charge in [0.1, 0.15) is 11.0 Å². The summed E-state index contributed by atoms with van der Waals surface area (Å²) in [7, 11) is 0. The van der Waals surface area contributed by atoms with Crippen LogP contribution in [-0.4, -0.2) is 24.0 Å². The van der Waals surface area contributed by atoms with E-state index >= 15 is 0 Å². The van der Waals surface area contributed by atoms with E-state index in [9.17, 15) is 9.59 Å². The predicted molar refractivity (Wildman–Crippen MR) is 152 cm³/mol. The molecule has 1 amide bonds. The van der Waals surface area contributed by atoms with E-state index in [-0.39, 0.29) is 12.5 Å². The van der Waals surface area contributed by atoms with Gasteiger partial charge in [-0.15, -0.1) is 0 Å². The highest BCUT2D eigenvalue weighted by Gasteiger charge is 2.71. The van der Waals surface area contributed by atoms with Gasteiger partial charge < -0.3 is 4.74 Å². The van der Waals surface area contributed by atoms with Gasteiger partial charge in [-0.05, 0) is 41.8 Å². The van der Waals surface area contributed by atoms with Crippen LogP contribution in [0.1, 0.15) is 23.6 Å². The number of carbonyl (C=O) groups excluding carboxylic acids is 2. The summed E-state index contributed by atoms with van der Waals surface area (Å²) in [5.74, 6) is -0.533. The molecule has 0 N–H and O–H groups in total. The van der Waals surface area contributed by atoms with Crippen molar-refractivity contribution < 1.29 is 14.3 Å². The van der Waals surface area contributed by atoms with E-state index in [4.69, 9.17) is 4.74 Å². The van der Waals surface area contributed by atoms with Gasteiger partial charge in [0, 0.05) is 11.8 Å². The highest BCUT2D eigenvalue weighted by molar-refractivity contribution is 6.16. The number of hydrogen-bond donors (Lipinski definition) is 0. The zero-order valence-corrected chi connectivity index (χ0v) is 21.2. The van der Waals surface area contributed by atoms with E-state index < -0.39 is 16.9 Å². The van der Waals surface area contributed by atoms with Gasteiger partial charge in [0.05, 0.1) is 6.61 Å². The van der Waals surface area contributed by atoms with Gasteiger partial charge in [0.25, 0.3) is 0 Å². The summed E-state index contributed by atoms with van der Waals surface area (Å²) >= 11 is 0. The number of benzene rings is 4. The second-order valence-corrected chi connectivity index (χ2v) is 9.11. The maximum atomic E-state index is 14.6. The van der Waals surface area contributed by atoms with Crippen molar-refractivity contribution in [2.24, 2.45) is 0 Å². The van der Waals surface area contributed by atoms with Crippen molar-refractivity contribution >= 4 is 23.6 Å². The Morgan fingerprint density at radius 2 is 1.24 bits per heavy atom. The van der Waals surface area contributed by atoms with Crippen LogP contribution in [0.25, 0.3) is 6.08 Å². The second kappa shape index (κ2) is 10.7. The maximum absolute atomic E-state index is 14.6. The van der Waals surface area contributed by atoms with Crippen LogP contribution in [0.2, 0.25) is 0 Å². The fourth-order valence-corrected chi connectivity index (χ4v) is 5.41. The number of ether oxygens (including phenoxy) is 1. The minimum Gasteiger partial charge on any atom is -0.463 e. The predicted octanol–water partition coefficient (Wildman–Crippen LogP) is 6.59. The summed E-state index contributed by atoms with van der Waals surface area (Å²) in [4.78, 5) is 29.1. The molecular formula is C34H29NO3. The van der Waals surface area contributed by atoms with Gasteiger partial charge in [0.2, 0.25) is 5.91 Å². The van der Waals surface area contributed by atoms with Gasteiger partial charge >= 0.3 is 5.97 Å². The van der Waals surface area contributed by atoms with Crippen molar-refractivity contribution in [1.29, 1.82) is 0 Å². The third-order valence-electron chi connectivity index (χ3n) is 7.01. The van der Waals surface area contributed by atoms with Crippen LogP contribution in [0.3, 0.4) is 0 Å². The molecule has 1 fully saturated rings. The number of hydrogen-bond acceptors (Lipinski definition) is 3. The molecule has 0 spiro atoms. The van der Waals surface area contributed by atoms with E-state index in [1.807, 2.05) is 140 Å².